The standard InChI is InChI=1S/C15H16Br2O3/c16-12-11-6-7-15(20-11,14(17)13(12)18)9-19-8-10-4-2-1-3-5-10/h1-7,11-14,18H,8-9H2/t11-,12+,13+,14+,15-/m0/s1. The van der Waals surface area contributed by atoms with Crippen LogP contribution in [0.25, 0.3) is 0 Å². The number of halogens is 2. The quantitative estimate of drug-likeness (QED) is 0.620. The van der Waals surface area contributed by atoms with Gasteiger partial charge in [-0.25, -0.2) is 0 Å². The second-order valence-corrected chi connectivity index (χ2v) is 7.26. The molecule has 3 rings (SSSR count). The van der Waals surface area contributed by atoms with Gasteiger partial charge >= 0.3 is 0 Å². The van der Waals surface area contributed by atoms with Crippen molar-refractivity contribution in [2.75, 3.05) is 6.61 Å². The second-order valence-electron chi connectivity index (χ2n) is 5.21. The molecule has 1 N–H and O–H groups in total. The SMILES string of the molecule is O[C@@H]1[C@H](Br)[C@@H]2C=C[C@@](COCc3ccccc3)(O2)[C@@H]1Br. The molecule has 1 fully saturated rings. The number of alkyl halides is 2. The van der Waals surface area contributed by atoms with Gasteiger partial charge in [-0.2, -0.15) is 0 Å². The number of aliphatic hydroxyl groups excluding tert-OH is 1. The highest BCUT2D eigenvalue weighted by Crippen LogP contribution is 2.43. The van der Waals surface area contributed by atoms with Crippen LogP contribution in [0.5, 0.6) is 0 Å². The number of ether oxygens (including phenoxy) is 2. The van der Waals surface area contributed by atoms with Crippen LogP contribution in [0.1, 0.15) is 5.56 Å². The van der Waals surface area contributed by atoms with Gasteiger partial charge in [-0.15, -0.1) is 0 Å². The third-order valence-corrected chi connectivity index (χ3v) is 6.15. The minimum Gasteiger partial charge on any atom is -0.391 e. The molecule has 108 valence electrons. The van der Waals surface area contributed by atoms with E-state index in [2.05, 4.69) is 31.9 Å². The van der Waals surface area contributed by atoms with Crippen LogP contribution < -0.4 is 0 Å². The molecular formula is C15H16Br2O3. The molecule has 0 radical (unpaired) electrons. The van der Waals surface area contributed by atoms with Gasteiger partial charge in [0.05, 0.1) is 35.1 Å². The highest BCUT2D eigenvalue weighted by atomic mass is 79.9. The van der Waals surface area contributed by atoms with Gasteiger partial charge in [0.1, 0.15) is 5.60 Å². The Morgan fingerprint density at radius 3 is 2.75 bits per heavy atom. The summed E-state index contributed by atoms with van der Waals surface area (Å²) in [7, 11) is 0. The molecule has 2 heterocycles. The lowest BCUT2D eigenvalue weighted by Gasteiger charge is -2.43. The maximum absolute atomic E-state index is 10.2. The molecular weight excluding hydrogens is 388 g/mol. The molecule has 0 unspecified atom stereocenters. The van der Waals surface area contributed by atoms with Crippen molar-refractivity contribution in [2.45, 2.75) is 34.1 Å². The summed E-state index contributed by atoms with van der Waals surface area (Å²) in [5.41, 5.74) is 0.548. The van der Waals surface area contributed by atoms with Gasteiger partial charge in [0.2, 0.25) is 0 Å². The van der Waals surface area contributed by atoms with E-state index in [-0.39, 0.29) is 15.8 Å². The molecule has 1 aromatic carbocycles. The van der Waals surface area contributed by atoms with Gasteiger partial charge in [0.15, 0.2) is 0 Å². The summed E-state index contributed by atoms with van der Waals surface area (Å²) >= 11 is 7.03. The van der Waals surface area contributed by atoms with Crippen LogP contribution in [-0.4, -0.2) is 39.2 Å². The van der Waals surface area contributed by atoms with Crippen LogP contribution in [-0.2, 0) is 16.1 Å². The van der Waals surface area contributed by atoms with E-state index in [9.17, 15) is 5.11 Å². The Bertz CT molecular complexity index is 493. The lowest BCUT2D eigenvalue weighted by atomic mass is 9.94. The van der Waals surface area contributed by atoms with E-state index < -0.39 is 11.7 Å². The number of hydrogen-bond acceptors (Lipinski definition) is 3. The average Bonchev–Trinajstić information content (AvgIpc) is 2.88. The van der Waals surface area contributed by atoms with Crippen LogP contribution in [0, 0.1) is 0 Å². The van der Waals surface area contributed by atoms with Gasteiger partial charge in [0.25, 0.3) is 0 Å². The summed E-state index contributed by atoms with van der Waals surface area (Å²) in [5, 5.41) is 10.2. The van der Waals surface area contributed by atoms with Gasteiger partial charge < -0.3 is 14.6 Å². The van der Waals surface area contributed by atoms with Crippen molar-refractivity contribution in [3.63, 3.8) is 0 Å². The lowest BCUT2D eigenvalue weighted by Crippen LogP contribution is -2.58. The van der Waals surface area contributed by atoms with Gasteiger partial charge in [-0.3, -0.25) is 0 Å². The Kier molecular flexibility index (Phi) is 4.34. The molecule has 1 saturated heterocycles. The highest BCUT2D eigenvalue weighted by Gasteiger charge is 2.54. The van der Waals surface area contributed by atoms with Crippen LogP contribution in [0.2, 0.25) is 0 Å². The lowest BCUT2D eigenvalue weighted by molar-refractivity contribution is -0.125. The predicted octanol–water partition coefficient (Wildman–Crippen LogP) is 2.80. The van der Waals surface area contributed by atoms with Crippen molar-refractivity contribution in [1.82, 2.24) is 0 Å². The van der Waals surface area contributed by atoms with Gasteiger partial charge in [0, 0.05) is 0 Å². The summed E-state index contributed by atoms with van der Waals surface area (Å²) < 4.78 is 11.8. The van der Waals surface area contributed by atoms with Crippen molar-refractivity contribution in [3.8, 4) is 0 Å². The van der Waals surface area contributed by atoms with E-state index in [1.807, 2.05) is 42.5 Å². The molecule has 0 spiro atoms. The van der Waals surface area contributed by atoms with Crippen molar-refractivity contribution >= 4 is 31.9 Å². The fourth-order valence-corrected chi connectivity index (χ4v) is 4.35. The Morgan fingerprint density at radius 1 is 1.25 bits per heavy atom. The predicted molar refractivity (Wildman–Crippen MR) is 84.3 cm³/mol. The summed E-state index contributed by atoms with van der Waals surface area (Å²) in [6.45, 7) is 0.958. The molecule has 20 heavy (non-hydrogen) atoms. The number of rotatable bonds is 4. The van der Waals surface area contributed by atoms with Crippen molar-refractivity contribution in [2.24, 2.45) is 0 Å². The molecule has 0 aliphatic carbocycles. The molecule has 0 amide bonds. The van der Waals surface area contributed by atoms with E-state index in [1.165, 1.54) is 0 Å². The highest BCUT2D eigenvalue weighted by molar-refractivity contribution is 9.10. The Balaban J connectivity index is 1.64. The minimum absolute atomic E-state index is 0.0899. The minimum atomic E-state index is -0.580. The van der Waals surface area contributed by atoms with E-state index >= 15 is 0 Å². The summed E-state index contributed by atoms with van der Waals surface area (Å²) in [5.74, 6) is 0. The topological polar surface area (TPSA) is 38.7 Å². The van der Waals surface area contributed by atoms with Crippen LogP contribution >= 0.6 is 31.9 Å². The molecule has 2 aliphatic rings. The smallest absolute Gasteiger partial charge is 0.125 e. The first-order valence-electron chi connectivity index (χ1n) is 6.57. The average molecular weight is 404 g/mol. The molecule has 5 atom stereocenters. The van der Waals surface area contributed by atoms with Crippen molar-refractivity contribution < 1.29 is 14.6 Å². The number of benzene rings is 1. The zero-order chi connectivity index (χ0) is 14.2. The fourth-order valence-electron chi connectivity index (χ4n) is 2.63. The molecule has 0 saturated carbocycles. The molecule has 3 nitrogen and oxygen atoms in total. The first-order chi connectivity index (χ1) is 9.62. The third kappa shape index (κ3) is 2.62. The zero-order valence-corrected chi connectivity index (χ0v) is 14.0. The second kappa shape index (κ2) is 5.89. The summed E-state index contributed by atoms with van der Waals surface area (Å²) in [6.07, 6.45) is 3.39. The Morgan fingerprint density at radius 2 is 2.00 bits per heavy atom. The first kappa shape index (κ1) is 14.7. The largest absolute Gasteiger partial charge is 0.391 e. The molecule has 1 aromatic rings. The molecule has 2 aliphatic heterocycles. The normalized spacial score (nSPS) is 39.1. The Hall–Kier alpha value is -0.200. The third-order valence-electron chi connectivity index (χ3n) is 3.77. The maximum atomic E-state index is 10.2. The molecule has 2 bridgehead atoms. The number of hydrogen-bond donors (Lipinski definition) is 1. The number of fused-ring (bicyclic) bond motifs is 2. The molecule has 5 heteroatoms. The van der Waals surface area contributed by atoms with Crippen molar-refractivity contribution in [1.29, 1.82) is 0 Å². The van der Waals surface area contributed by atoms with Crippen LogP contribution in [0.4, 0.5) is 0 Å². The first-order valence-corrected chi connectivity index (χ1v) is 8.40. The molecule has 0 aromatic heterocycles. The summed E-state index contributed by atoms with van der Waals surface area (Å²) in [4.78, 5) is -0.280. The van der Waals surface area contributed by atoms with E-state index in [4.69, 9.17) is 9.47 Å². The van der Waals surface area contributed by atoms with E-state index in [0.717, 1.165) is 5.56 Å². The van der Waals surface area contributed by atoms with Crippen LogP contribution in [0.3, 0.4) is 0 Å². The number of aliphatic hydroxyl groups is 1. The van der Waals surface area contributed by atoms with Gasteiger partial charge in [-0.1, -0.05) is 74.3 Å². The van der Waals surface area contributed by atoms with Crippen molar-refractivity contribution in [3.05, 3.63) is 48.0 Å². The van der Waals surface area contributed by atoms with E-state index in [0.29, 0.717) is 13.2 Å². The van der Waals surface area contributed by atoms with Crippen LogP contribution in [0.15, 0.2) is 42.5 Å². The zero-order valence-electron chi connectivity index (χ0n) is 10.8. The van der Waals surface area contributed by atoms with E-state index in [1.54, 1.807) is 0 Å². The monoisotopic (exact) mass is 402 g/mol. The fraction of sp³-hybridized carbons (Fsp3) is 0.467. The Labute approximate surface area is 135 Å². The maximum Gasteiger partial charge on any atom is 0.125 e. The van der Waals surface area contributed by atoms with Gasteiger partial charge in [-0.05, 0) is 5.56 Å². The summed E-state index contributed by atoms with van der Waals surface area (Å²) in [6, 6.07) is 10.0.